The third kappa shape index (κ3) is 4.78. The number of aromatic nitrogens is 2. The SMILES string of the molecule is O=C(Nc1ccc(N2CCN(c3ccccn3)CC2)cc1)C(=O)c1c(-c2ccccc2)cc2n1CCOC2. The van der Waals surface area contributed by atoms with Crippen LogP contribution in [0.4, 0.5) is 17.2 Å². The summed E-state index contributed by atoms with van der Waals surface area (Å²) in [4.78, 5) is 35.6. The smallest absolute Gasteiger partial charge is 0.298 e. The zero-order valence-electron chi connectivity index (χ0n) is 21.0. The van der Waals surface area contributed by atoms with E-state index in [1.807, 2.05) is 89.6 Å². The Morgan fingerprint density at radius 3 is 2.29 bits per heavy atom. The molecule has 2 aliphatic heterocycles. The molecule has 4 aromatic rings. The Labute approximate surface area is 221 Å². The van der Waals surface area contributed by atoms with Gasteiger partial charge in [-0.1, -0.05) is 36.4 Å². The molecule has 2 aliphatic rings. The minimum atomic E-state index is -0.647. The van der Waals surface area contributed by atoms with E-state index in [9.17, 15) is 9.59 Å². The number of hydrogen-bond donors (Lipinski definition) is 1. The molecule has 0 bridgehead atoms. The molecular weight excluding hydrogens is 478 g/mol. The largest absolute Gasteiger partial charge is 0.373 e. The summed E-state index contributed by atoms with van der Waals surface area (Å²) in [6, 6.07) is 25.3. The van der Waals surface area contributed by atoms with Crippen LogP contribution in [0.5, 0.6) is 0 Å². The van der Waals surface area contributed by atoms with Gasteiger partial charge in [-0.2, -0.15) is 0 Å². The fourth-order valence-electron chi connectivity index (χ4n) is 5.18. The molecule has 192 valence electrons. The van der Waals surface area contributed by atoms with Crippen molar-refractivity contribution in [2.24, 2.45) is 0 Å². The highest BCUT2D eigenvalue weighted by molar-refractivity contribution is 6.47. The van der Waals surface area contributed by atoms with Crippen LogP contribution >= 0.6 is 0 Å². The molecule has 1 amide bonds. The molecule has 1 N–H and O–H groups in total. The van der Waals surface area contributed by atoms with Crippen LogP contribution in [-0.4, -0.2) is 54.0 Å². The second-order valence-corrected chi connectivity index (χ2v) is 9.46. The summed E-state index contributed by atoms with van der Waals surface area (Å²) in [6.07, 6.45) is 1.82. The van der Waals surface area contributed by atoms with Crippen molar-refractivity contribution >= 4 is 28.9 Å². The summed E-state index contributed by atoms with van der Waals surface area (Å²) in [7, 11) is 0. The number of piperazine rings is 1. The van der Waals surface area contributed by atoms with Crippen molar-refractivity contribution in [2.75, 3.05) is 47.9 Å². The zero-order valence-corrected chi connectivity index (χ0v) is 21.0. The Kier molecular flexibility index (Phi) is 6.62. The second kappa shape index (κ2) is 10.5. The van der Waals surface area contributed by atoms with Crippen LogP contribution in [0.15, 0.2) is 85.1 Å². The van der Waals surface area contributed by atoms with E-state index in [-0.39, 0.29) is 0 Å². The third-order valence-electron chi connectivity index (χ3n) is 7.14. The molecule has 0 atom stereocenters. The number of benzene rings is 2. The lowest BCUT2D eigenvalue weighted by atomic mass is 10.0. The van der Waals surface area contributed by atoms with E-state index >= 15 is 0 Å². The number of fused-ring (bicyclic) bond motifs is 1. The van der Waals surface area contributed by atoms with Crippen LogP contribution < -0.4 is 15.1 Å². The number of nitrogens with zero attached hydrogens (tertiary/aromatic N) is 4. The molecule has 0 spiro atoms. The highest BCUT2D eigenvalue weighted by Gasteiger charge is 2.28. The number of carbonyl (C=O) groups is 2. The van der Waals surface area contributed by atoms with Gasteiger partial charge in [-0.3, -0.25) is 9.59 Å². The average Bonchev–Trinajstić information content (AvgIpc) is 3.38. The zero-order chi connectivity index (χ0) is 25.9. The maximum absolute atomic E-state index is 13.4. The van der Waals surface area contributed by atoms with Crippen LogP contribution in [0, 0.1) is 0 Å². The quantitative estimate of drug-likeness (QED) is 0.311. The Bertz CT molecular complexity index is 1430. The minimum absolute atomic E-state index is 0.411. The lowest BCUT2D eigenvalue weighted by Gasteiger charge is -2.36. The number of carbonyl (C=O) groups excluding carboxylic acids is 2. The number of rotatable bonds is 6. The molecule has 1 saturated heterocycles. The van der Waals surface area contributed by atoms with Gasteiger partial charge < -0.3 is 24.4 Å². The summed E-state index contributed by atoms with van der Waals surface area (Å²) in [6.45, 7) is 5.01. The van der Waals surface area contributed by atoms with Gasteiger partial charge in [-0.25, -0.2) is 4.98 Å². The molecule has 6 rings (SSSR count). The van der Waals surface area contributed by atoms with Crippen LogP contribution in [0.2, 0.25) is 0 Å². The first kappa shape index (κ1) is 23.9. The van der Waals surface area contributed by atoms with Gasteiger partial charge >= 0.3 is 0 Å². The lowest BCUT2D eigenvalue weighted by Crippen LogP contribution is -2.46. The van der Waals surface area contributed by atoms with Crippen LogP contribution in [0.1, 0.15) is 16.2 Å². The summed E-state index contributed by atoms with van der Waals surface area (Å²) >= 11 is 0. The monoisotopic (exact) mass is 507 g/mol. The van der Waals surface area contributed by atoms with E-state index in [0.29, 0.717) is 31.1 Å². The van der Waals surface area contributed by atoms with Gasteiger partial charge in [0.15, 0.2) is 0 Å². The molecular formula is C30H29N5O3. The first-order chi connectivity index (χ1) is 18.7. The predicted octanol–water partition coefficient (Wildman–Crippen LogP) is 4.23. The minimum Gasteiger partial charge on any atom is -0.373 e. The predicted molar refractivity (Wildman–Crippen MR) is 148 cm³/mol. The van der Waals surface area contributed by atoms with E-state index in [4.69, 9.17) is 4.74 Å². The number of hydrogen-bond acceptors (Lipinski definition) is 6. The number of nitrogens with one attached hydrogen (secondary N) is 1. The molecule has 2 aromatic carbocycles. The molecule has 8 nitrogen and oxygen atoms in total. The van der Waals surface area contributed by atoms with Gasteiger partial charge in [0, 0.05) is 61.6 Å². The lowest BCUT2D eigenvalue weighted by molar-refractivity contribution is -0.112. The molecule has 4 heterocycles. The van der Waals surface area contributed by atoms with Crippen molar-refractivity contribution in [3.63, 3.8) is 0 Å². The van der Waals surface area contributed by atoms with E-state index < -0.39 is 11.7 Å². The molecule has 0 saturated carbocycles. The standard InChI is InChI=1S/C30H29N5O3/c36-29(28-26(22-6-2-1-3-7-22)20-25-21-38-19-18-35(25)28)30(37)32-23-9-11-24(12-10-23)33-14-16-34(17-15-33)27-8-4-5-13-31-27/h1-13,20H,14-19,21H2,(H,32,37). The van der Waals surface area contributed by atoms with Crippen molar-refractivity contribution in [2.45, 2.75) is 13.2 Å². The highest BCUT2D eigenvalue weighted by atomic mass is 16.5. The van der Waals surface area contributed by atoms with Crippen molar-refractivity contribution < 1.29 is 14.3 Å². The fraction of sp³-hybridized carbons (Fsp3) is 0.233. The number of pyridine rings is 1. The third-order valence-corrected chi connectivity index (χ3v) is 7.14. The molecule has 0 aliphatic carbocycles. The van der Waals surface area contributed by atoms with E-state index in [0.717, 1.165) is 54.5 Å². The Morgan fingerprint density at radius 2 is 1.55 bits per heavy atom. The van der Waals surface area contributed by atoms with Gasteiger partial charge in [0.25, 0.3) is 11.7 Å². The number of ether oxygens (including phenoxy) is 1. The summed E-state index contributed by atoms with van der Waals surface area (Å²) < 4.78 is 7.50. The van der Waals surface area contributed by atoms with Gasteiger partial charge in [0.2, 0.25) is 0 Å². The topological polar surface area (TPSA) is 79.7 Å². The van der Waals surface area contributed by atoms with Crippen LogP contribution in [-0.2, 0) is 22.7 Å². The van der Waals surface area contributed by atoms with Crippen molar-refractivity contribution in [1.82, 2.24) is 9.55 Å². The number of anilines is 3. The van der Waals surface area contributed by atoms with Crippen LogP contribution in [0.3, 0.4) is 0 Å². The average molecular weight is 508 g/mol. The second-order valence-electron chi connectivity index (χ2n) is 9.46. The summed E-state index contributed by atoms with van der Waals surface area (Å²) in [5.41, 5.74) is 4.65. The highest BCUT2D eigenvalue weighted by Crippen LogP contribution is 2.30. The van der Waals surface area contributed by atoms with Gasteiger partial charge in [-0.15, -0.1) is 0 Å². The van der Waals surface area contributed by atoms with Gasteiger partial charge in [0.05, 0.1) is 13.2 Å². The maximum Gasteiger partial charge on any atom is 0.298 e. The first-order valence-electron chi connectivity index (χ1n) is 12.9. The fourth-order valence-corrected chi connectivity index (χ4v) is 5.18. The van der Waals surface area contributed by atoms with E-state index in [1.54, 1.807) is 0 Å². The van der Waals surface area contributed by atoms with Gasteiger partial charge in [0.1, 0.15) is 11.5 Å². The van der Waals surface area contributed by atoms with E-state index in [2.05, 4.69) is 20.1 Å². The van der Waals surface area contributed by atoms with Crippen LogP contribution in [0.25, 0.3) is 11.1 Å². The van der Waals surface area contributed by atoms with Gasteiger partial charge in [-0.05, 0) is 48.0 Å². The molecule has 8 heteroatoms. The van der Waals surface area contributed by atoms with Crippen molar-refractivity contribution in [3.05, 3.63) is 96.4 Å². The Morgan fingerprint density at radius 1 is 0.816 bits per heavy atom. The summed E-state index contributed by atoms with van der Waals surface area (Å²) in [5.74, 6) is -0.194. The number of amides is 1. The molecule has 38 heavy (non-hydrogen) atoms. The van der Waals surface area contributed by atoms with E-state index in [1.165, 1.54) is 0 Å². The molecule has 0 radical (unpaired) electrons. The first-order valence-corrected chi connectivity index (χ1v) is 12.9. The number of ketones is 1. The molecule has 1 fully saturated rings. The Hall–Kier alpha value is -4.43. The molecule has 2 aromatic heterocycles. The van der Waals surface area contributed by atoms with Crippen molar-refractivity contribution in [1.29, 1.82) is 0 Å². The van der Waals surface area contributed by atoms with Crippen molar-refractivity contribution in [3.8, 4) is 11.1 Å². The Balaban J connectivity index is 1.14. The normalized spacial score (nSPS) is 15.2. The summed E-state index contributed by atoms with van der Waals surface area (Å²) in [5, 5.41) is 2.81. The number of Topliss-reactive ketones (excluding diaryl/α,β-unsaturated/α-hetero) is 1. The molecule has 0 unspecified atom stereocenters. The maximum atomic E-state index is 13.4.